The first kappa shape index (κ1) is 14.6. The number of nitrogen functional groups attached to an aromatic ring is 1. The highest BCUT2D eigenvalue weighted by Gasteiger charge is 2.13. The van der Waals surface area contributed by atoms with Gasteiger partial charge in [0.25, 0.3) is 0 Å². The highest BCUT2D eigenvalue weighted by Crippen LogP contribution is 2.26. The molecule has 1 heterocycles. The smallest absolute Gasteiger partial charge is 0.140 e. The molecule has 0 unspecified atom stereocenters. The van der Waals surface area contributed by atoms with Gasteiger partial charge in [0.05, 0.1) is 11.7 Å². The number of aromatic nitrogens is 2. The molecule has 0 saturated heterocycles. The van der Waals surface area contributed by atoms with E-state index >= 15 is 0 Å². The quantitative estimate of drug-likeness (QED) is 0.512. The lowest BCUT2D eigenvalue weighted by atomic mass is 10.2. The lowest BCUT2D eigenvalue weighted by Crippen LogP contribution is -2.22. The summed E-state index contributed by atoms with van der Waals surface area (Å²) in [4.78, 5) is 0. The second-order valence-electron chi connectivity index (χ2n) is 5.93. The number of anilines is 1. The van der Waals surface area contributed by atoms with Crippen LogP contribution in [-0.4, -0.2) is 24.5 Å². The van der Waals surface area contributed by atoms with Crippen molar-refractivity contribution in [3.05, 3.63) is 22.8 Å². The second kappa shape index (κ2) is 5.64. The van der Waals surface area contributed by atoms with Gasteiger partial charge in [-0.1, -0.05) is 19.6 Å². The molecule has 2 aromatic rings. The van der Waals surface area contributed by atoms with Crippen molar-refractivity contribution in [2.45, 2.75) is 32.4 Å². The van der Waals surface area contributed by atoms with Crippen LogP contribution in [0.5, 0.6) is 0 Å². The number of fused-ring (bicyclic) bond motifs is 1. The highest BCUT2D eigenvalue weighted by molar-refractivity contribution is 9.10. The summed E-state index contributed by atoms with van der Waals surface area (Å²) in [6.07, 6.45) is 1.82. The summed E-state index contributed by atoms with van der Waals surface area (Å²) >= 11 is 3.53. The van der Waals surface area contributed by atoms with E-state index in [1.54, 1.807) is 0 Å². The molecule has 0 spiro atoms. The molecule has 6 heteroatoms. The zero-order valence-electron chi connectivity index (χ0n) is 11.6. The Morgan fingerprint density at radius 1 is 1.37 bits per heavy atom. The average molecular weight is 342 g/mol. The van der Waals surface area contributed by atoms with Crippen molar-refractivity contribution in [2.75, 3.05) is 12.3 Å². The minimum Gasteiger partial charge on any atom is -0.399 e. The number of rotatable bonds is 5. The number of nitrogens with two attached hydrogens (primary N) is 1. The largest absolute Gasteiger partial charge is 0.399 e. The van der Waals surface area contributed by atoms with E-state index in [0.29, 0.717) is 6.73 Å². The SMILES string of the molecule is C[Si](C)(C)CCOCn1ncc2cc(N)cc(Br)c21. The molecule has 19 heavy (non-hydrogen) atoms. The molecule has 0 fully saturated rings. The Balaban J connectivity index is 2.06. The van der Waals surface area contributed by atoms with E-state index in [1.807, 2.05) is 23.0 Å². The molecule has 2 rings (SSSR count). The molecule has 0 atom stereocenters. The Hall–Kier alpha value is -0.853. The molecule has 2 N–H and O–H groups in total. The highest BCUT2D eigenvalue weighted by atomic mass is 79.9. The Labute approximate surface area is 123 Å². The van der Waals surface area contributed by atoms with Gasteiger partial charge in [-0.3, -0.25) is 0 Å². The number of halogens is 1. The van der Waals surface area contributed by atoms with Crippen LogP contribution >= 0.6 is 15.9 Å². The minimum atomic E-state index is -1.03. The third-order valence-corrected chi connectivity index (χ3v) is 5.23. The molecule has 1 aromatic heterocycles. The van der Waals surface area contributed by atoms with Gasteiger partial charge in [0.15, 0.2) is 0 Å². The van der Waals surface area contributed by atoms with E-state index in [9.17, 15) is 0 Å². The van der Waals surface area contributed by atoms with Gasteiger partial charge in [0.2, 0.25) is 0 Å². The molecular formula is C13H20BrN3OSi. The molecule has 1 aromatic carbocycles. The summed E-state index contributed by atoms with van der Waals surface area (Å²) in [6.45, 7) is 8.32. The van der Waals surface area contributed by atoms with Gasteiger partial charge in [-0.15, -0.1) is 0 Å². The number of ether oxygens (including phenoxy) is 1. The Kier molecular flexibility index (Phi) is 4.32. The van der Waals surface area contributed by atoms with Gasteiger partial charge >= 0.3 is 0 Å². The average Bonchev–Trinajstić information content (AvgIpc) is 2.66. The van der Waals surface area contributed by atoms with E-state index in [0.717, 1.165) is 27.7 Å². The van der Waals surface area contributed by atoms with Crippen molar-refractivity contribution in [2.24, 2.45) is 0 Å². The van der Waals surface area contributed by atoms with E-state index in [4.69, 9.17) is 10.5 Å². The Morgan fingerprint density at radius 2 is 2.11 bits per heavy atom. The number of hydrogen-bond donors (Lipinski definition) is 1. The zero-order valence-corrected chi connectivity index (χ0v) is 14.2. The first-order valence-electron chi connectivity index (χ1n) is 6.35. The van der Waals surface area contributed by atoms with Crippen LogP contribution < -0.4 is 5.73 Å². The maximum absolute atomic E-state index is 5.81. The fourth-order valence-corrected chi connectivity index (χ4v) is 3.28. The van der Waals surface area contributed by atoms with Crippen molar-refractivity contribution in [3.63, 3.8) is 0 Å². The maximum Gasteiger partial charge on any atom is 0.140 e. The predicted octanol–water partition coefficient (Wildman–Crippen LogP) is 3.69. The van der Waals surface area contributed by atoms with Crippen LogP contribution in [0.15, 0.2) is 22.8 Å². The van der Waals surface area contributed by atoms with Crippen LogP contribution in [0.2, 0.25) is 25.7 Å². The van der Waals surface area contributed by atoms with Crippen LogP contribution in [0.3, 0.4) is 0 Å². The van der Waals surface area contributed by atoms with Crippen LogP contribution in [0, 0.1) is 0 Å². The number of nitrogens with zero attached hydrogens (tertiary/aromatic N) is 2. The van der Waals surface area contributed by atoms with E-state index in [-0.39, 0.29) is 0 Å². The summed E-state index contributed by atoms with van der Waals surface area (Å²) < 4.78 is 8.55. The van der Waals surface area contributed by atoms with Crippen LogP contribution in [0.25, 0.3) is 10.9 Å². The zero-order chi connectivity index (χ0) is 14.0. The van der Waals surface area contributed by atoms with Crippen LogP contribution in [0.4, 0.5) is 5.69 Å². The standard InChI is InChI=1S/C13H20BrN3OSi/c1-19(2,3)5-4-18-9-17-13-10(8-16-17)6-11(15)7-12(13)14/h6-8H,4-5,9,15H2,1-3H3. The molecular weight excluding hydrogens is 322 g/mol. The molecule has 0 saturated carbocycles. The fraction of sp³-hybridized carbons (Fsp3) is 0.462. The van der Waals surface area contributed by atoms with Crippen molar-refractivity contribution in [1.29, 1.82) is 0 Å². The second-order valence-corrected chi connectivity index (χ2v) is 12.4. The van der Waals surface area contributed by atoms with E-state index in [1.165, 1.54) is 6.04 Å². The van der Waals surface area contributed by atoms with Gasteiger partial charge in [-0.05, 0) is 34.1 Å². The van der Waals surface area contributed by atoms with Crippen molar-refractivity contribution >= 4 is 40.6 Å². The molecule has 4 nitrogen and oxygen atoms in total. The molecule has 0 aliphatic heterocycles. The number of hydrogen-bond acceptors (Lipinski definition) is 3. The third-order valence-electron chi connectivity index (χ3n) is 2.92. The van der Waals surface area contributed by atoms with Crippen molar-refractivity contribution in [3.8, 4) is 0 Å². The monoisotopic (exact) mass is 341 g/mol. The third kappa shape index (κ3) is 3.81. The minimum absolute atomic E-state index is 0.483. The van der Waals surface area contributed by atoms with Crippen LogP contribution in [-0.2, 0) is 11.5 Å². The first-order chi connectivity index (χ1) is 8.87. The topological polar surface area (TPSA) is 53.1 Å². The number of benzene rings is 1. The Bertz CT molecular complexity index is 577. The van der Waals surface area contributed by atoms with Gasteiger partial charge in [-0.2, -0.15) is 5.10 Å². The molecule has 0 aliphatic rings. The molecule has 104 valence electrons. The molecule has 0 radical (unpaired) electrons. The lowest BCUT2D eigenvalue weighted by Gasteiger charge is -2.15. The summed E-state index contributed by atoms with van der Waals surface area (Å²) in [5, 5.41) is 5.38. The van der Waals surface area contributed by atoms with Gasteiger partial charge < -0.3 is 10.5 Å². The van der Waals surface area contributed by atoms with Crippen LogP contribution in [0.1, 0.15) is 0 Å². The normalized spacial score (nSPS) is 12.2. The first-order valence-corrected chi connectivity index (χ1v) is 10.9. The predicted molar refractivity (Wildman–Crippen MR) is 86.0 cm³/mol. The summed E-state index contributed by atoms with van der Waals surface area (Å²) in [6, 6.07) is 4.98. The van der Waals surface area contributed by atoms with Crippen molar-refractivity contribution < 1.29 is 4.74 Å². The van der Waals surface area contributed by atoms with Gasteiger partial charge in [0, 0.05) is 30.2 Å². The summed E-state index contributed by atoms with van der Waals surface area (Å²) in [7, 11) is -1.03. The van der Waals surface area contributed by atoms with Gasteiger partial charge in [-0.25, -0.2) is 4.68 Å². The van der Waals surface area contributed by atoms with E-state index < -0.39 is 8.07 Å². The summed E-state index contributed by atoms with van der Waals surface area (Å²) in [5.74, 6) is 0. The summed E-state index contributed by atoms with van der Waals surface area (Å²) in [5.41, 5.74) is 7.57. The maximum atomic E-state index is 5.81. The van der Waals surface area contributed by atoms with E-state index in [2.05, 4.69) is 40.7 Å². The molecule has 0 amide bonds. The lowest BCUT2D eigenvalue weighted by molar-refractivity contribution is 0.0816. The Morgan fingerprint density at radius 3 is 2.79 bits per heavy atom. The van der Waals surface area contributed by atoms with Gasteiger partial charge in [0.1, 0.15) is 6.73 Å². The molecule has 0 aliphatic carbocycles. The van der Waals surface area contributed by atoms with Crippen molar-refractivity contribution in [1.82, 2.24) is 9.78 Å². The fourth-order valence-electron chi connectivity index (χ4n) is 1.83. The molecule has 0 bridgehead atoms.